The summed E-state index contributed by atoms with van der Waals surface area (Å²) in [6.07, 6.45) is 32.1. The van der Waals surface area contributed by atoms with Crippen molar-refractivity contribution >= 4 is 34.7 Å². The van der Waals surface area contributed by atoms with Gasteiger partial charge in [0.05, 0.1) is 36.6 Å². The molecule has 0 saturated heterocycles. The molecule has 0 aliphatic heterocycles. The Hall–Kier alpha value is -2.22. The average molecular weight is 1210 g/mol. The van der Waals surface area contributed by atoms with Gasteiger partial charge in [-0.15, -0.1) is 0 Å². The number of ketones is 6. The van der Waals surface area contributed by atoms with Gasteiger partial charge in [0, 0.05) is 77.0 Å². The first-order valence-corrected chi connectivity index (χ1v) is 34.9. The van der Waals surface area contributed by atoms with Crippen LogP contribution in [-0.4, -0.2) is 102 Å². The fourth-order valence-corrected chi connectivity index (χ4v) is 5.96. The summed E-state index contributed by atoms with van der Waals surface area (Å²) in [5, 5.41) is 53.1. The van der Waals surface area contributed by atoms with E-state index in [0.717, 1.165) is 193 Å². The minimum atomic E-state index is -0.0509. The summed E-state index contributed by atoms with van der Waals surface area (Å²) in [5.41, 5.74) is 0. The molecular formula is C72H156O12. The highest BCUT2D eigenvalue weighted by atomic mass is 16.3. The Morgan fingerprint density at radius 1 is 0.190 bits per heavy atom. The molecule has 0 aromatic carbocycles. The standard InChI is InChI=1S/6C6H14O.6C6H12O/c12*1-3-5-6(7)4-2/h6*6-7H,3-5H2,1-2H3;6*3-5H2,1-2H3. The summed E-state index contributed by atoms with van der Waals surface area (Å²) in [6.45, 7) is 48.0. The van der Waals surface area contributed by atoms with Gasteiger partial charge in [0.1, 0.15) is 34.7 Å². The molecule has 12 heteroatoms. The molecule has 0 aliphatic carbocycles. The van der Waals surface area contributed by atoms with Gasteiger partial charge >= 0.3 is 0 Å². The number of aliphatic hydroxyl groups is 6. The molecule has 0 heterocycles. The Labute approximate surface area is 525 Å². The lowest BCUT2D eigenvalue weighted by Crippen LogP contribution is -2.01. The smallest absolute Gasteiger partial charge is 0.132 e. The number of hydrogen-bond donors (Lipinski definition) is 6. The molecule has 516 valence electrons. The van der Waals surface area contributed by atoms with Gasteiger partial charge in [0.2, 0.25) is 0 Å². The van der Waals surface area contributed by atoms with E-state index in [1.54, 1.807) is 0 Å². The maximum Gasteiger partial charge on any atom is 0.132 e. The van der Waals surface area contributed by atoms with Gasteiger partial charge in [-0.25, -0.2) is 0 Å². The molecule has 6 atom stereocenters. The van der Waals surface area contributed by atoms with Crippen LogP contribution >= 0.6 is 0 Å². The van der Waals surface area contributed by atoms with Crippen LogP contribution in [0.4, 0.5) is 0 Å². The van der Waals surface area contributed by atoms with Crippen molar-refractivity contribution in [2.24, 2.45) is 0 Å². The second kappa shape index (κ2) is 106. The number of Topliss-reactive ketones (excluding diaryl/α,β-unsaturated/α-hetero) is 6. The fourth-order valence-electron chi connectivity index (χ4n) is 5.96. The van der Waals surface area contributed by atoms with Crippen LogP contribution in [-0.2, 0) is 28.8 Å². The van der Waals surface area contributed by atoms with Crippen molar-refractivity contribution in [1.82, 2.24) is 0 Å². The van der Waals surface area contributed by atoms with E-state index >= 15 is 0 Å². The molecule has 6 N–H and O–H groups in total. The minimum Gasteiger partial charge on any atom is -0.393 e. The van der Waals surface area contributed by atoms with E-state index in [-0.39, 0.29) is 36.6 Å². The predicted octanol–water partition coefficient (Wildman–Crippen LogP) is 19.9. The number of carbonyl (C=O) groups excluding carboxylic acids is 6. The highest BCUT2D eigenvalue weighted by molar-refractivity contribution is 5.79. The Balaban J connectivity index is -0.0000000673. The zero-order valence-corrected chi connectivity index (χ0v) is 61.1. The fraction of sp³-hybridized carbons (Fsp3) is 0.917. The third-order valence-corrected chi connectivity index (χ3v) is 12.1. The molecular weight excluding hydrogens is 1060 g/mol. The third kappa shape index (κ3) is 148. The second-order valence-corrected chi connectivity index (χ2v) is 21.0. The van der Waals surface area contributed by atoms with Crippen molar-refractivity contribution in [2.75, 3.05) is 0 Å². The summed E-state index contributed by atoms with van der Waals surface area (Å²) >= 11 is 0. The van der Waals surface area contributed by atoms with E-state index in [1.807, 2.05) is 125 Å². The van der Waals surface area contributed by atoms with Crippen molar-refractivity contribution in [3.63, 3.8) is 0 Å². The van der Waals surface area contributed by atoms with Crippen LogP contribution in [0.1, 0.15) is 397 Å². The lowest BCUT2D eigenvalue weighted by Gasteiger charge is -2.01. The molecule has 0 fully saturated rings. The monoisotopic (exact) mass is 1210 g/mol. The van der Waals surface area contributed by atoms with E-state index in [1.165, 1.54) is 0 Å². The minimum absolute atomic E-state index is 0.0509. The summed E-state index contributed by atoms with van der Waals surface area (Å²) in [7, 11) is 0. The number of rotatable bonds is 36. The molecule has 12 nitrogen and oxygen atoms in total. The van der Waals surface area contributed by atoms with E-state index in [0.29, 0.717) is 73.2 Å². The molecule has 84 heavy (non-hydrogen) atoms. The molecule has 0 aromatic rings. The molecule has 0 saturated carbocycles. The second-order valence-electron chi connectivity index (χ2n) is 21.0. The van der Waals surface area contributed by atoms with Gasteiger partial charge in [-0.05, 0) is 116 Å². The van der Waals surface area contributed by atoms with Crippen molar-refractivity contribution in [2.45, 2.75) is 434 Å². The van der Waals surface area contributed by atoms with Gasteiger partial charge in [-0.3, -0.25) is 28.8 Å². The largest absolute Gasteiger partial charge is 0.393 e. The van der Waals surface area contributed by atoms with Gasteiger partial charge < -0.3 is 30.6 Å². The summed E-state index contributed by atoms with van der Waals surface area (Å²) in [6, 6.07) is 0. The normalized spacial score (nSPS) is 11.5. The number of carbonyl (C=O) groups is 6. The molecule has 0 spiro atoms. The first-order chi connectivity index (χ1) is 39.7. The Bertz CT molecular complexity index is 962. The third-order valence-electron chi connectivity index (χ3n) is 12.1. The van der Waals surface area contributed by atoms with Crippen LogP contribution < -0.4 is 0 Å². The maximum absolute atomic E-state index is 10.4. The van der Waals surface area contributed by atoms with E-state index in [9.17, 15) is 28.8 Å². The molecule has 0 aromatic heterocycles. The van der Waals surface area contributed by atoms with Crippen LogP contribution in [0.25, 0.3) is 0 Å². The van der Waals surface area contributed by atoms with Crippen molar-refractivity contribution in [1.29, 1.82) is 0 Å². The van der Waals surface area contributed by atoms with Crippen LogP contribution in [0.5, 0.6) is 0 Å². The molecule has 6 unspecified atom stereocenters. The van der Waals surface area contributed by atoms with Crippen molar-refractivity contribution < 1.29 is 59.4 Å². The molecule has 0 bridgehead atoms. The highest BCUT2D eigenvalue weighted by Gasteiger charge is 1.99. The topological polar surface area (TPSA) is 224 Å². The first-order valence-electron chi connectivity index (χ1n) is 34.9. The Morgan fingerprint density at radius 2 is 0.286 bits per heavy atom. The lowest BCUT2D eigenvalue weighted by molar-refractivity contribution is -0.119. The Morgan fingerprint density at radius 3 is 0.310 bits per heavy atom. The summed E-state index contributed by atoms with van der Waals surface area (Å²) < 4.78 is 0. The maximum atomic E-state index is 10.4. The first kappa shape index (κ1) is 110. The van der Waals surface area contributed by atoms with Gasteiger partial charge in [0.15, 0.2) is 0 Å². The quantitative estimate of drug-likeness (QED) is 0.0345. The number of aliphatic hydroxyl groups excluding tert-OH is 6. The van der Waals surface area contributed by atoms with Crippen LogP contribution in [0.3, 0.4) is 0 Å². The number of hydrogen-bond acceptors (Lipinski definition) is 12. The predicted molar refractivity (Wildman–Crippen MR) is 368 cm³/mol. The van der Waals surface area contributed by atoms with Gasteiger partial charge in [0.25, 0.3) is 0 Å². The molecule has 0 amide bonds. The van der Waals surface area contributed by atoms with Gasteiger partial charge in [-0.1, -0.05) is 205 Å². The van der Waals surface area contributed by atoms with Crippen LogP contribution in [0.2, 0.25) is 0 Å². The van der Waals surface area contributed by atoms with Crippen LogP contribution in [0.15, 0.2) is 0 Å². The van der Waals surface area contributed by atoms with Crippen molar-refractivity contribution in [3.8, 4) is 0 Å². The van der Waals surface area contributed by atoms with E-state index in [2.05, 4.69) is 41.5 Å². The van der Waals surface area contributed by atoms with E-state index in [4.69, 9.17) is 30.6 Å². The lowest BCUT2D eigenvalue weighted by atomic mass is 10.2. The molecule has 0 aliphatic rings. The molecule has 0 radical (unpaired) electrons. The van der Waals surface area contributed by atoms with Crippen LogP contribution in [0, 0.1) is 0 Å². The average Bonchev–Trinajstić information content (AvgIpc) is 3.49. The summed E-state index contributed by atoms with van der Waals surface area (Å²) in [4.78, 5) is 62.5. The van der Waals surface area contributed by atoms with Crippen molar-refractivity contribution in [3.05, 3.63) is 0 Å². The van der Waals surface area contributed by atoms with Gasteiger partial charge in [-0.2, -0.15) is 0 Å². The zero-order valence-electron chi connectivity index (χ0n) is 61.1. The Kier molecular flexibility index (Phi) is 138. The SMILES string of the molecule is CCCC(=O)CC.CCCC(=O)CC.CCCC(=O)CC.CCCC(=O)CC.CCCC(=O)CC.CCCC(=O)CC.CCCC(O)CC.CCCC(O)CC.CCCC(O)CC.CCCC(O)CC.CCCC(O)CC.CCCC(O)CC. The molecule has 0 rings (SSSR count). The highest BCUT2D eigenvalue weighted by Crippen LogP contribution is 2.02. The zero-order chi connectivity index (χ0) is 68.4. The summed E-state index contributed by atoms with van der Waals surface area (Å²) in [5.74, 6) is 2.26. The van der Waals surface area contributed by atoms with E-state index < -0.39 is 0 Å².